The van der Waals surface area contributed by atoms with E-state index in [9.17, 15) is 29.7 Å². The van der Waals surface area contributed by atoms with Crippen LogP contribution in [-0.4, -0.2) is 133 Å². The third-order valence-electron chi connectivity index (χ3n) is 9.00. The van der Waals surface area contributed by atoms with Gasteiger partial charge in [0.2, 0.25) is 5.95 Å². The third kappa shape index (κ3) is 4.83. The number of aliphatic carboxylic acids is 1. The van der Waals surface area contributed by atoms with E-state index in [0.29, 0.717) is 42.8 Å². The summed E-state index contributed by atoms with van der Waals surface area (Å²) in [5.41, 5.74) is 10.8. The molecule has 5 unspecified atom stereocenters. The number of nitrogens with one attached hydrogen (secondary N) is 2. The van der Waals surface area contributed by atoms with E-state index in [1.807, 2.05) is 4.90 Å². The molecule has 19 nitrogen and oxygen atoms in total. The van der Waals surface area contributed by atoms with Crippen molar-refractivity contribution in [2.45, 2.75) is 61.3 Å². The van der Waals surface area contributed by atoms with Crippen LogP contribution in [0.1, 0.15) is 26.0 Å². The summed E-state index contributed by atoms with van der Waals surface area (Å²) in [6.07, 6.45) is -0.366. The van der Waals surface area contributed by atoms with E-state index in [1.165, 1.54) is 33.9 Å². The molecule has 20 heteroatoms. The first kappa shape index (κ1) is 30.3. The highest BCUT2D eigenvalue weighted by Crippen LogP contribution is 2.39. The number of nitrogens with zero attached hydrogens (tertiary/aromatic N) is 8. The Bertz CT molecular complexity index is 1820. The number of nitrogens with two attached hydrogens (primary N) is 2. The van der Waals surface area contributed by atoms with Crippen LogP contribution in [0.3, 0.4) is 0 Å². The van der Waals surface area contributed by atoms with E-state index in [0.717, 1.165) is 0 Å². The van der Waals surface area contributed by atoms with Gasteiger partial charge in [0.1, 0.15) is 30.1 Å². The molecule has 0 spiro atoms. The predicted octanol–water partition coefficient (Wildman–Crippen LogP) is -1.90. The van der Waals surface area contributed by atoms with Gasteiger partial charge < -0.3 is 41.7 Å². The minimum atomic E-state index is -1.24. The zero-order valence-electron chi connectivity index (χ0n) is 24.5. The number of thioether (sulfide) groups is 1. The van der Waals surface area contributed by atoms with Gasteiger partial charge in [-0.1, -0.05) is 0 Å². The summed E-state index contributed by atoms with van der Waals surface area (Å²) in [6.45, 7) is 2.73. The van der Waals surface area contributed by atoms with Crippen LogP contribution in [0.25, 0.3) is 11.2 Å². The Hall–Kier alpha value is -4.37. The number of aliphatic hydroxyl groups excluding tert-OH is 2. The Morgan fingerprint density at radius 3 is 2.78 bits per heavy atom. The van der Waals surface area contributed by atoms with Crippen molar-refractivity contribution >= 4 is 63.8 Å². The summed E-state index contributed by atoms with van der Waals surface area (Å²) in [6, 6.07) is -0.793. The highest BCUT2D eigenvalue weighted by atomic mass is 32.2. The fraction of sp³-hybridized carbons (Fsp3) is 0.538. The van der Waals surface area contributed by atoms with Crippen LogP contribution < -0.4 is 22.3 Å². The van der Waals surface area contributed by atoms with Gasteiger partial charge in [-0.05, 0) is 19.8 Å². The smallest absolute Gasteiger partial charge is 0.320 e. The molecule has 0 radical (unpaired) electrons. The number of aliphatic imine (C=N–C) groups is 1. The molecule has 0 bridgehead atoms. The summed E-state index contributed by atoms with van der Waals surface area (Å²) < 4.78 is 7.55. The molecule has 9 N–H and O–H groups in total. The first-order valence-corrected chi connectivity index (χ1v) is 15.6. The molecule has 3 fully saturated rings. The molecule has 7 atom stereocenters. The van der Waals surface area contributed by atoms with Crippen molar-refractivity contribution in [1.29, 1.82) is 0 Å². The summed E-state index contributed by atoms with van der Waals surface area (Å²) in [4.78, 5) is 63.9. The number of hydrogen-bond donors (Lipinski definition) is 7. The number of aromatic amines is 1. The van der Waals surface area contributed by atoms with Crippen molar-refractivity contribution in [2.75, 3.05) is 42.2 Å². The van der Waals surface area contributed by atoms with Crippen molar-refractivity contribution in [1.82, 2.24) is 39.3 Å². The van der Waals surface area contributed by atoms with Gasteiger partial charge in [-0.25, -0.2) is 19.9 Å². The average molecular weight is 657 g/mol. The van der Waals surface area contributed by atoms with E-state index in [1.54, 1.807) is 6.92 Å². The number of β-lactam (4-membered cyclic amide) rings is 1. The molecule has 3 aromatic rings. The number of carbonyl (C=O) groups excluding carboxylic acids is 1. The van der Waals surface area contributed by atoms with Gasteiger partial charge in [-0.2, -0.15) is 16.7 Å². The van der Waals surface area contributed by atoms with Gasteiger partial charge in [-0.15, -0.1) is 0 Å². The molecule has 7 heterocycles. The lowest BCUT2D eigenvalue weighted by Gasteiger charge is -2.53. The largest absolute Gasteiger partial charge is 0.480 e. The molecule has 46 heavy (non-hydrogen) atoms. The number of fused-ring (bicyclic) bond motifs is 3. The van der Waals surface area contributed by atoms with Gasteiger partial charge in [0, 0.05) is 30.6 Å². The van der Waals surface area contributed by atoms with Gasteiger partial charge in [-0.3, -0.25) is 28.8 Å². The molecule has 3 aromatic heterocycles. The lowest BCUT2D eigenvalue weighted by atomic mass is 9.90. The Labute approximate surface area is 264 Å². The van der Waals surface area contributed by atoms with Crippen molar-refractivity contribution < 1.29 is 29.6 Å². The quantitative estimate of drug-likeness (QED) is 0.130. The maximum Gasteiger partial charge on any atom is 0.320 e. The van der Waals surface area contributed by atoms with Crippen LogP contribution in [0.4, 0.5) is 23.3 Å². The highest BCUT2D eigenvalue weighted by Gasteiger charge is 2.57. The molecule has 3 saturated heterocycles. The van der Waals surface area contributed by atoms with E-state index < -0.39 is 47.8 Å². The standard InChI is InChI=1S/C26H32N12O7S/c1-26-17(32-14-19(35-26)33-25(28)34-21(14)41)22(42)38(26)5-4-36-3-2-10(6-11(36)24(43)44)46-7-12-15(39)16(40)23(45-12)37-9-31-13-18(27)29-8-30-20(13)37/h8-12,15-16,23,39-40H,2-7H2,1H3,(H,43,44)(H2,27,29,30)(H4,28,33,34,35,41)/t10?,11?,12-,15?,16?,23-,26?/m1/s1. The number of aromatic nitrogens is 6. The average Bonchev–Trinajstić information content (AvgIpc) is 3.56. The number of imidazole rings is 1. The second-order valence-corrected chi connectivity index (χ2v) is 13.1. The van der Waals surface area contributed by atoms with Gasteiger partial charge in [0.05, 0.1) is 12.4 Å². The minimum Gasteiger partial charge on any atom is -0.480 e. The summed E-state index contributed by atoms with van der Waals surface area (Å²) in [7, 11) is 0. The highest BCUT2D eigenvalue weighted by molar-refractivity contribution is 7.99. The van der Waals surface area contributed by atoms with E-state index in [2.05, 4.69) is 35.2 Å². The molecule has 7 rings (SSSR count). The number of amides is 1. The molecule has 0 aliphatic carbocycles. The number of aliphatic hydroxyl groups is 2. The zero-order chi connectivity index (χ0) is 32.5. The molecule has 244 valence electrons. The molecule has 0 saturated carbocycles. The third-order valence-corrected chi connectivity index (χ3v) is 10.4. The zero-order valence-corrected chi connectivity index (χ0v) is 25.3. The molecule has 4 aliphatic rings. The number of rotatable bonds is 8. The molecule has 4 aliphatic heterocycles. The number of carbonyl (C=O) groups is 2. The fourth-order valence-corrected chi connectivity index (χ4v) is 7.84. The van der Waals surface area contributed by atoms with Crippen LogP contribution in [0, 0.1) is 0 Å². The first-order valence-electron chi connectivity index (χ1n) is 14.6. The van der Waals surface area contributed by atoms with Crippen LogP contribution in [-0.2, 0) is 14.3 Å². The topological polar surface area (TPSA) is 276 Å². The summed E-state index contributed by atoms with van der Waals surface area (Å²) in [5, 5.41) is 34.7. The van der Waals surface area contributed by atoms with E-state index >= 15 is 0 Å². The van der Waals surface area contributed by atoms with Crippen molar-refractivity contribution in [3.63, 3.8) is 0 Å². The van der Waals surface area contributed by atoms with Gasteiger partial charge in [0.25, 0.3) is 11.5 Å². The van der Waals surface area contributed by atoms with E-state index in [4.69, 9.17) is 16.2 Å². The number of nitrogen functional groups attached to an aromatic ring is 2. The number of carboxylic acid groups (broad SMARTS) is 1. The number of likely N-dealkylation sites (tertiary alicyclic amines) is 2. The second-order valence-electron chi connectivity index (χ2n) is 11.8. The second kappa shape index (κ2) is 11.2. The van der Waals surface area contributed by atoms with Crippen molar-refractivity contribution in [2.24, 2.45) is 4.99 Å². The number of carboxylic acids is 1. The van der Waals surface area contributed by atoms with Crippen molar-refractivity contribution in [3.8, 4) is 0 Å². The van der Waals surface area contributed by atoms with Crippen LogP contribution in [0.15, 0.2) is 22.4 Å². The number of H-pyrrole nitrogens is 1. The fourth-order valence-electron chi connectivity index (χ4n) is 6.51. The Morgan fingerprint density at radius 2 is 2.00 bits per heavy atom. The Morgan fingerprint density at radius 1 is 1.20 bits per heavy atom. The van der Waals surface area contributed by atoms with Crippen LogP contribution in [0.2, 0.25) is 0 Å². The maximum absolute atomic E-state index is 13.0. The summed E-state index contributed by atoms with van der Waals surface area (Å²) >= 11 is 1.49. The minimum absolute atomic E-state index is 0.0179. The maximum atomic E-state index is 13.0. The number of piperidine rings is 1. The molecular weight excluding hydrogens is 624 g/mol. The van der Waals surface area contributed by atoms with Crippen LogP contribution >= 0.6 is 11.8 Å². The first-order chi connectivity index (χ1) is 22.0. The monoisotopic (exact) mass is 656 g/mol. The number of hydrogen-bond acceptors (Lipinski definition) is 16. The van der Waals surface area contributed by atoms with Gasteiger partial charge >= 0.3 is 5.97 Å². The Kier molecular flexibility index (Phi) is 7.35. The molecular formula is C26H32N12O7S. The SMILES string of the molecule is CC12Nc3nc(N)[nH]c(=O)c3N=C1C(=O)N2CCN1CCC(SC[C@H]2O[C@@H](n3cnc4c(N)ncnc43)C(O)C2O)CC1C(=O)O. The van der Waals surface area contributed by atoms with Gasteiger partial charge in [0.15, 0.2) is 40.6 Å². The summed E-state index contributed by atoms with van der Waals surface area (Å²) in [5.74, 6) is -0.740. The number of anilines is 3. The molecule has 1 amide bonds. The number of ether oxygens (including phenoxy) is 1. The van der Waals surface area contributed by atoms with Crippen LogP contribution in [0.5, 0.6) is 0 Å². The lowest BCUT2D eigenvalue weighted by Crippen LogP contribution is -2.75. The predicted molar refractivity (Wildman–Crippen MR) is 164 cm³/mol. The van der Waals surface area contributed by atoms with Crippen molar-refractivity contribution in [3.05, 3.63) is 23.0 Å². The van der Waals surface area contributed by atoms with E-state index in [-0.39, 0.29) is 46.7 Å². The lowest BCUT2D eigenvalue weighted by molar-refractivity contribution is -0.144. The molecule has 0 aromatic carbocycles. The normalized spacial score (nSPS) is 30.8. The Balaban J connectivity index is 0.957.